The summed E-state index contributed by atoms with van der Waals surface area (Å²) in [6.45, 7) is 0. The van der Waals surface area contributed by atoms with Crippen molar-refractivity contribution in [1.29, 1.82) is 0 Å². The first-order chi connectivity index (χ1) is 13.4. The predicted octanol–water partition coefficient (Wildman–Crippen LogP) is 2.82. The van der Waals surface area contributed by atoms with Crippen LogP contribution in [0.4, 0.5) is 0 Å². The number of furan rings is 1. The molecule has 2 aromatic rings. The lowest BCUT2D eigenvalue weighted by molar-refractivity contribution is -0.116. The van der Waals surface area contributed by atoms with Crippen LogP contribution in [0.15, 0.2) is 27.9 Å². The molecular weight excluding hydrogens is 376 g/mol. The molecule has 1 fully saturated rings. The Morgan fingerprint density at radius 1 is 1.04 bits per heavy atom. The van der Waals surface area contributed by atoms with Gasteiger partial charge in [0.25, 0.3) is 0 Å². The third kappa shape index (κ3) is 3.03. The van der Waals surface area contributed by atoms with Crippen molar-refractivity contribution in [2.45, 2.75) is 68.5 Å². The zero-order valence-corrected chi connectivity index (χ0v) is 16.6. The van der Waals surface area contributed by atoms with Crippen molar-refractivity contribution < 1.29 is 22.7 Å². The topological polar surface area (TPSA) is 84.6 Å². The van der Waals surface area contributed by atoms with E-state index in [9.17, 15) is 18.3 Å². The van der Waals surface area contributed by atoms with Crippen LogP contribution in [-0.2, 0) is 52.3 Å². The predicted molar refractivity (Wildman–Crippen MR) is 103 cm³/mol. The molecule has 0 atom stereocenters. The van der Waals surface area contributed by atoms with Gasteiger partial charge in [-0.25, -0.2) is 8.42 Å². The zero-order valence-electron chi connectivity index (χ0n) is 15.8. The van der Waals surface area contributed by atoms with Crippen molar-refractivity contribution in [2.75, 3.05) is 5.75 Å². The molecule has 5 rings (SSSR count). The lowest BCUT2D eigenvalue weighted by atomic mass is 9.91. The average molecular weight is 400 g/mol. The highest BCUT2D eigenvalue weighted by atomic mass is 32.2. The Balaban J connectivity index is 1.38. The van der Waals surface area contributed by atoms with Crippen LogP contribution in [0.25, 0.3) is 0 Å². The molecule has 3 aliphatic carbocycles. The van der Waals surface area contributed by atoms with Crippen molar-refractivity contribution in [3.05, 3.63) is 51.8 Å². The van der Waals surface area contributed by atoms with Gasteiger partial charge in [0, 0.05) is 18.1 Å². The Morgan fingerprint density at radius 2 is 1.68 bits per heavy atom. The lowest BCUT2D eigenvalue weighted by Gasteiger charge is -2.14. The minimum Gasteiger partial charge on any atom is -0.453 e. The van der Waals surface area contributed by atoms with Gasteiger partial charge in [-0.05, 0) is 79.2 Å². The Hall–Kier alpha value is -1.92. The number of ketones is 1. The molecule has 6 heteroatoms. The van der Waals surface area contributed by atoms with Crippen molar-refractivity contribution in [3.63, 3.8) is 0 Å². The van der Waals surface area contributed by atoms with E-state index < -0.39 is 21.2 Å². The summed E-state index contributed by atoms with van der Waals surface area (Å²) in [4.78, 5) is 12.7. The normalized spacial score (nSPS) is 19.5. The summed E-state index contributed by atoms with van der Waals surface area (Å²) in [5.41, 5.74) is 5.88. The fraction of sp³-hybridized carbons (Fsp3) is 0.500. The van der Waals surface area contributed by atoms with Crippen LogP contribution in [0.3, 0.4) is 0 Å². The van der Waals surface area contributed by atoms with Crippen LogP contribution in [0, 0.1) is 0 Å². The summed E-state index contributed by atoms with van der Waals surface area (Å²) in [7, 11) is -3.85. The molecule has 3 aliphatic rings. The summed E-state index contributed by atoms with van der Waals surface area (Å²) in [5.74, 6) is -0.853. The van der Waals surface area contributed by atoms with Crippen LogP contribution < -0.4 is 0 Å². The SMILES string of the molecule is O=C(Cc1c2c(cc3c1CCC3)CCC2)CS(=O)(=O)c1cc(C2(O)CC2)co1. The molecular formula is C22H24O5S. The standard InChI is InChI=1S/C22H24O5S/c23-17(13-28(25,26)21-10-16(12-27-21)22(24)7-8-22)11-20-18-5-1-3-14(18)9-15-4-2-6-19(15)20/h9-10,12,24H,1-8,11,13H2. The van der Waals surface area contributed by atoms with Gasteiger partial charge in [0.1, 0.15) is 5.75 Å². The van der Waals surface area contributed by atoms with E-state index in [2.05, 4.69) is 6.07 Å². The number of rotatable bonds is 6. The van der Waals surface area contributed by atoms with E-state index >= 15 is 0 Å². The van der Waals surface area contributed by atoms with Crippen molar-refractivity contribution >= 4 is 15.6 Å². The Bertz CT molecular complexity index is 1040. The maximum Gasteiger partial charge on any atom is 0.218 e. The quantitative estimate of drug-likeness (QED) is 0.806. The number of aliphatic hydroxyl groups is 1. The summed E-state index contributed by atoms with van der Waals surface area (Å²) >= 11 is 0. The van der Waals surface area contributed by atoms with Crippen LogP contribution in [0.1, 0.15) is 59.1 Å². The maximum atomic E-state index is 12.7. The third-order valence-electron chi connectivity index (χ3n) is 6.47. The van der Waals surface area contributed by atoms with Crippen LogP contribution in [-0.4, -0.2) is 25.1 Å². The first-order valence-electron chi connectivity index (χ1n) is 10.1. The molecule has 148 valence electrons. The van der Waals surface area contributed by atoms with E-state index in [1.807, 2.05) is 0 Å². The van der Waals surface area contributed by atoms with Crippen LogP contribution in [0.2, 0.25) is 0 Å². The molecule has 1 aromatic heterocycles. The number of Topliss-reactive ketones (excluding diaryl/α,β-unsaturated/α-hetero) is 1. The summed E-state index contributed by atoms with van der Waals surface area (Å²) in [5, 5.41) is 9.89. The van der Waals surface area contributed by atoms with E-state index in [-0.39, 0.29) is 17.3 Å². The van der Waals surface area contributed by atoms with Crippen molar-refractivity contribution in [2.24, 2.45) is 0 Å². The van der Waals surface area contributed by atoms with Gasteiger partial charge in [-0.2, -0.15) is 0 Å². The number of fused-ring (bicyclic) bond motifs is 2. The lowest BCUT2D eigenvalue weighted by Crippen LogP contribution is -2.19. The van der Waals surface area contributed by atoms with Crippen molar-refractivity contribution in [1.82, 2.24) is 0 Å². The van der Waals surface area contributed by atoms with Gasteiger partial charge in [-0.3, -0.25) is 4.79 Å². The molecule has 0 saturated heterocycles. The third-order valence-corrected chi connectivity index (χ3v) is 8.00. The van der Waals surface area contributed by atoms with Crippen LogP contribution >= 0.6 is 0 Å². The smallest absolute Gasteiger partial charge is 0.218 e. The molecule has 1 heterocycles. The number of sulfone groups is 1. The molecule has 0 radical (unpaired) electrons. The first-order valence-corrected chi connectivity index (χ1v) is 11.7. The van der Waals surface area contributed by atoms with E-state index in [1.54, 1.807) is 0 Å². The molecule has 0 spiro atoms. The zero-order chi connectivity index (χ0) is 19.5. The van der Waals surface area contributed by atoms with E-state index in [0.717, 1.165) is 44.1 Å². The molecule has 28 heavy (non-hydrogen) atoms. The van der Waals surface area contributed by atoms with Gasteiger partial charge in [0.2, 0.25) is 14.9 Å². The largest absolute Gasteiger partial charge is 0.453 e. The van der Waals surface area contributed by atoms with Gasteiger partial charge < -0.3 is 9.52 Å². The van der Waals surface area contributed by atoms with E-state index in [0.29, 0.717) is 18.4 Å². The van der Waals surface area contributed by atoms with Gasteiger partial charge in [0.05, 0.1) is 11.9 Å². The van der Waals surface area contributed by atoms with E-state index in [1.165, 1.54) is 34.6 Å². The van der Waals surface area contributed by atoms with Gasteiger partial charge in [-0.15, -0.1) is 0 Å². The van der Waals surface area contributed by atoms with Crippen molar-refractivity contribution in [3.8, 4) is 0 Å². The molecule has 1 aromatic carbocycles. The summed E-state index contributed by atoms with van der Waals surface area (Å²) < 4.78 is 30.5. The highest BCUT2D eigenvalue weighted by Crippen LogP contribution is 2.46. The highest BCUT2D eigenvalue weighted by Gasteiger charge is 2.44. The number of hydrogen-bond acceptors (Lipinski definition) is 5. The number of benzene rings is 1. The Morgan fingerprint density at radius 3 is 2.29 bits per heavy atom. The number of aryl methyl sites for hydroxylation is 2. The molecule has 0 aliphatic heterocycles. The molecule has 1 N–H and O–H groups in total. The Labute approximate surface area is 164 Å². The number of carbonyl (C=O) groups excluding carboxylic acids is 1. The number of hydrogen-bond donors (Lipinski definition) is 1. The van der Waals surface area contributed by atoms with E-state index in [4.69, 9.17) is 4.42 Å². The highest BCUT2D eigenvalue weighted by molar-refractivity contribution is 7.92. The Kier molecular flexibility index (Phi) is 4.07. The average Bonchev–Trinajstić information content (AvgIpc) is 3.13. The second kappa shape index (κ2) is 6.29. The first kappa shape index (κ1) is 18.1. The second-order valence-corrected chi connectivity index (χ2v) is 10.4. The fourth-order valence-corrected chi connectivity index (χ4v) is 5.98. The summed E-state index contributed by atoms with van der Waals surface area (Å²) in [6.07, 6.45) is 8.98. The minimum absolute atomic E-state index is 0.183. The van der Waals surface area contributed by atoms with Gasteiger partial charge in [-0.1, -0.05) is 6.07 Å². The summed E-state index contributed by atoms with van der Waals surface area (Å²) in [6, 6.07) is 3.68. The molecule has 1 saturated carbocycles. The minimum atomic E-state index is -3.85. The molecule has 0 unspecified atom stereocenters. The fourth-order valence-electron chi connectivity index (χ4n) is 4.81. The van der Waals surface area contributed by atoms with Crippen LogP contribution in [0.5, 0.6) is 0 Å². The molecule has 0 amide bonds. The second-order valence-electron chi connectivity index (χ2n) is 8.50. The maximum absolute atomic E-state index is 12.7. The molecule has 0 bridgehead atoms. The number of carbonyl (C=O) groups is 1. The van der Waals surface area contributed by atoms with Gasteiger partial charge in [0.15, 0.2) is 5.78 Å². The monoisotopic (exact) mass is 400 g/mol. The molecule has 5 nitrogen and oxygen atoms in total. The van der Waals surface area contributed by atoms with Gasteiger partial charge >= 0.3 is 0 Å².